The van der Waals surface area contributed by atoms with Crippen molar-refractivity contribution in [1.29, 1.82) is 0 Å². The van der Waals surface area contributed by atoms with Gasteiger partial charge in [-0.15, -0.1) is 0 Å². The van der Waals surface area contributed by atoms with Gasteiger partial charge in [0.05, 0.1) is 12.6 Å². The molecule has 2 atom stereocenters. The molecule has 16 heavy (non-hydrogen) atoms. The Labute approximate surface area is 95.6 Å². The fraction of sp³-hybridized carbons (Fsp3) is 0.385. The molecule has 0 aliphatic heterocycles. The van der Waals surface area contributed by atoms with E-state index in [4.69, 9.17) is 10.5 Å². The molecule has 0 aliphatic carbocycles. The van der Waals surface area contributed by atoms with E-state index in [1.165, 1.54) is 10.9 Å². The lowest BCUT2D eigenvalue weighted by Gasteiger charge is -2.14. The van der Waals surface area contributed by atoms with Crippen molar-refractivity contribution in [3.05, 3.63) is 30.0 Å². The van der Waals surface area contributed by atoms with Gasteiger partial charge in [0.2, 0.25) is 0 Å². The van der Waals surface area contributed by atoms with Crippen LogP contribution in [0.1, 0.15) is 25.3 Å². The molecule has 0 saturated heterocycles. The highest BCUT2D eigenvalue weighted by Gasteiger charge is 2.16. The summed E-state index contributed by atoms with van der Waals surface area (Å²) >= 11 is 0. The number of aromatic nitrogens is 1. The first-order valence-corrected chi connectivity index (χ1v) is 5.54. The van der Waals surface area contributed by atoms with Gasteiger partial charge in [0.1, 0.15) is 5.75 Å². The zero-order chi connectivity index (χ0) is 11.7. The van der Waals surface area contributed by atoms with Gasteiger partial charge in [-0.25, -0.2) is 0 Å². The minimum Gasteiger partial charge on any atom is -0.495 e. The number of hydrogen-bond donors (Lipinski definition) is 2. The van der Waals surface area contributed by atoms with E-state index in [0.717, 1.165) is 11.3 Å². The van der Waals surface area contributed by atoms with Crippen LogP contribution >= 0.6 is 0 Å². The zero-order valence-corrected chi connectivity index (χ0v) is 9.95. The molecule has 0 saturated carbocycles. The number of para-hydroxylation sites is 1. The van der Waals surface area contributed by atoms with Gasteiger partial charge in [-0.05, 0) is 24.5 Å². The van der Waals surface area contributed by atoms with Crippen LogP contribution in [0.15, 0.2) is 24.4 Å². The van der Waals surface area contributed by atoms with Gasteiger partial charge in [-0.2, -0.15) is 0 Å². The third-order valence-corrected chi connectivity index (χ3v) is 3.21. The number of ether oxygens (including phenoxy) is 1. The minimum atomic E-state index is 0.144. The molecule has 0 spiro atoms. The monoisotopic (exact) mass is 218 g/mol. The van der Waals surface area contributed by atoms with E-state index < -0.39 is 0 Å². The van der Waals surface area contributed by atoms with Gasteiger partial charge in [-0.1, -0.05) is 19.1 Å². The summed E-state index contributed by atoms with van der Waals surface area (Å²) in [4.78, 5) is 3.26. The van der Waals surface area contributed by atoms with Crippen LogP contribution < -0.4 is 10.5 Å². The van der Waals surface area contributed by atoms with Crippen molar-refractivity contribution in [2.45, 2.75) is 25.8 Å². The molecule has 3 N–H and O–H groups in total. The second-order valence-electron chi connectivity index (χ2n) is 4.27. The predicted octanol–water partition coefficient (Wildman–Crippen LogP) is 2.63. The van der Waals surface area contributed by atoms with E-state index in [1.807, 2.05) is 25.3 Å². The van der Waals surface area contributed by atoms with Crippen LogP contribution in [0.3, 0.4) is 0 Å². The zero-order valence-electron chi connectivity index (χ0n) is 9.95. The lowest BCUT2D eigenvalue weighted by Crippen LogP contribution is -2.22. The Kier molecular flexibility index (Phi) is 2.88. The first-order chi connectivity index (χ1) is 7.65. The lowest BCUT2D eigenvalue weighted by molar-refractivity contribution is 0.419. The summed E-state index contributed by atoms with van der Waals surface area (Å²) in [5.41, 5.74) is 8.25. The quantitative estimate of drug-likeness (QED) is 0.832. The van der Waals surface area contributed by atoms with Gasteiger partial charge in [0.25, 0.3) is 0 Å². The van der Waals surface area contributed by atoms with Crippen molar-refractivity contribution < 1.29 is 4.74 Å². The van der Waals surface area contributed by atoms with Gasteiger partial charge in [0, 0.05) is 17.6 Å². The average Bonchev–Trinajstić information content (AvgIpc) is 2.71. The lowest BCUT2D eigenvalue weighted by atomic mass is 9.94. The molecule has 0 aliphatic rings. The van der Waals surface area contributed by atoms with Gasteiger partial charge in [-0.3, -0.25) is 0 Å². The van der Waals surface area contributed by atoms with Crippen LogP contribution in [-0.2, 0) is 0 Å². The smallest absolute Gasteiger partial charge is 0.142 e. The molecule has 86 valence electrons. The van der Waals surface area contributed by atoms with Crippen LogP contribution in [0, 0.1) is 0 Å². The highest BCUT2D eigenvalue weighted by atomic mass is 16.5. The van der Waals surface area contributed by atoms with Crippen LogP contribution in [0.5, 0.6) is 5.75 Å². The summed E-state index contributed by atoms with van der Waals surface area (Å²) in [6, 6.07) is 6.21. The number of fused-ring (bicyclic) bond motifs is 1. The number of benzene rings is 1. The number of rotatable bonds is 3. The van der Waals surface area contributed by atoms with E-state index in [-0.39, 0.29) is 6.04 Å². The molecule has 0 fully saturated rings. The summed E-state index contributed by atoms with van der Waals surface area (Å²) in [7, 11) is 1.68. The molecule has 0 radical (unpaired) electrons. The Morgan fingerprint density at radius 3 is 2.69 bits per heavy atom. The molecule has 2 rings (SSSR count). The average molecular weight is 218 g/mol. The molecule has 0 amide bonds. The van der Waals surface area contributed by atoms with Crippen molar-refractivity contribution in [3.8, 4) is 5.75 Å². The van der Waals surface area contributed by atoms with Crippen LogP contribution in [-0.4, -0.2) is 18.1 Å². The van der Waals surface area contributed by atoms with Crippen LogP contribution in [0.25, 0.3) is 10.9 Å². The standard InChI is InChI=1S/C13H18N2O/c1-8(9(2)14)11-7-15-13-10(11)5-4-6-12(13)16-3/h4-9,15H,14H2,1-3H3. The number of H-pyrrole nitrogens is 1. The maximum Gasteiger partial charge on any atom is 0.142 e. The van der Waals surface area contributed by atoms with Crippen molar-refractivity contribution >= 4 is 10.9 Å². The van der Waals surface area contributed by atoms with Crippen molar-refractivity contribution in [3.63, 3.8) is 0 Å². The van der Waals surface area contributed by atoms with Crippen molar-refractivity contribution in [2.24, 2.45) is 5.73 Å². The topological polar surface area (TPSA) is 51.0 Å². The Hall–Kier alpha value is -1.48. The van der Waals surface area contributed by atoms with Crippen molar-refractivity contribution in [2.75, 3.05) is 7.11 Å². The molecule has 1 aromatic heterocycles. The Balaban J connectivity index is 2.57. The van der Waals surface area contributed by atoms with Gasteiger partial charge < -0.3 is 15.5 Å². The maximum absolute atomic E-state index is 5.94. The summed E-state index contributed by atoms with van der Waals surface area (Å²) in [6.45, 7) is 4.18. The summed E-state index contributed by atoms with van der Waals surface area (Å²) in [5, 5.41) is 1.20. The first kappa shape index (κ1) is 11.0. The fourth-order valence-electron chi connectivity index (χ4n) is 1.98. The normalized spacial score (nSPS) is 15.0. The number of nitrogens with two attached hydrogens (primary N) is 1. The van der Waals surface area contributed by atoms with Crippen molar-refractivity contribution in [1.82, 2.24) is 4.98 Å². The Morgan fingerprint density at radius 1 is 1.31 bits per heavy atom. The number of aromatic amines is 1. The van der Waals surface area contributed by atoms with Gasteiger partial charge >= 0.3 is 0 Å². The summed E-state index contributed by atoms with van der Waals surface area (Å²) < 4.78 is 5.32. The second-order valence-corrected chi connectivity index (χ2v) is 4.27. The predicted molar refractivity (Wildman–Crippen MR) is 66.9 cm³/mol. The number of methoxy groups -OCH3 is 1. The minimum absolute atomic E-state index is 0.144. The van der Waals surface area contributed by atoms with Gasteiger partial charge in [0.15, 0.2) is 0 Å². The highest BCUT2D eigenvalue weighted by Crippen LogP contribution is 2.31. The number of hydrogen-bond acceptors (Lipinski definition) is 2. The first-order valence-electron chi connectivity index (χ1n) is 5.54. The van der Waals surface area contributed by atoms with E-state index in [0.29, 0.717) is 5.92 Å². The number of nitrogens with one attached hydrogen (secondary N) is 1. The molecule has 2 unspecified atom stereocenters. The molecular formula is C13H18N2O. The summed E-state index contributed by atoms with van der Waals surface area (Å²) in [6.07, 6.45) is 2.03. The van der Waals surface area contributed by atoms with E-state index in [9.17, 15) is 0 Å². The molecule has 3 heteroatoms. The molecule has 0 bridgehead atoms. The highest BCUT2D eigenvalue weighted by molar-refractivity contribution is 5.88. The molecule has 2 aromatic rings. The third kappa shape index (κ3) is 1.67. The Morgan fingerprint density at radius 2 is 2.06 bits per heavy atom. The largest absolute Gasteiger partial charge is 0.495 e. The SMILES string of the molecule is COc1cccc2c(C(C)C(C)N)c[nH]c12. The maximum atomic E-state index is 5.94. The fourth-order valence-corrected chi connectivity index (χ4v) is 1.98. The second kappa shape index (κ2) is 4.18. The van der Waals surface area contributed by atoms with Crippen LogP contribution in [0.2, 0.25) is 0 Å². The van der Waals surface area contributed by atoms with E-state index in [1.54, 1.807) is 7.11 Å². The Bertz CT molecular complexity index is 488. The third-order valence-electron chi connectivity index (χ3n) is 3.21. The molecule has 1 aromatic carbocycles. The van der Waals surface area contributed by atoms with E-state index in [2.05, 4.69) is 18.0 Å². The molecule has 1 heterocycles. The van der Waals surface area contributed by atoms with Crippen LogP contribution in [0.4, 0.5) is 0 Å². The molecular weight excluding hydrogens is 200 g/mol. The molecule has 3 nitrogen and oxygen atoms in total. The summed E-state index contributed by atoms with van der Waals surface area (Å²) in [5.74, 6) is 1.21. The van der Waals surface area contributed by atoms with E-state index >= 15 is 0 Å².